The van der Waals surface area contributed by atoms with Crippen molar-refractivity contribution in [1.82, 2.24) is 20.2 Å². The van der Waals surface area contributed by atoms with E-state index in [4.69, 9.17) is 0 Å². The van der Waals surface area contributed by atoms with Crippen LogP contribution in [0.5, 0.6) is 0 Å². The second-order valence-electron chi connectivity index (χ2n) is 3.76. The van der Waals surface area contributed by atoms with Crippen molar-refractivity contribution in [3.63, 3.8) is 0 Å². The Hall–Kier alpha value is -2.10. The Morgan fingerprint density at radius 2 is 2.19 bits per heavy atom. The first-order valence-corrected chi connectivity index (χ1v) is 5.35. The molecule has 0 radical (unpaired) electrons. The molecule has 2 aromatic heterocycles. The maximum Gasteiger partial charge on any atom is 0.156 e. The molecule has 0 fully saturated rings. The summed E-state index contributed by atoms with van der Waals surface area (Å²) < 4.78 is 0. The lowest BCUT2D eigenvalue weighted by Crippen LogP contribution is -1.79. The van der Waals surface area contributed by atoms with Gasteiger partial charge in [-0.1, -0.05) is 13.0 Å². The molecule has 0 aliphatic rings. The fourth-order valence-electron chi connectivity index (χ4n) is 1.79. The summed E-state index contributed by atoms with van der Waals surface area (Å²) in [5, 5.41) is 6.82. The van der Waals surface area contributed by atoms with E-state index in [1.165, 1.54) is 5.56 Å². The quantitative estimate of drug-likeness (QED) is 0.685. The molecule has 0 bridgehead atoms. The number of benzene rings is 1. The SMILES string of the molecule is CCc1ccc2nc(-c3ccn[nH]3)[nH]c2c1. The van der Waals surface area contributed by atoms with Crippen LogP contribution < -0.4 is 0 Å². The molecule has 0 aliphatic heterocycles. The van der Waals surface area contributed by atoms with Crippen molar-refractivity contribution in [2.24, 2.45) is 0 Å². The molecule has 2 heterocycles. The van der Waals surface area contributed by atoms with Crippen LogP contribution in [0.1, 0.15) is 12.5 Å². The highest BCUT2D eigenvalue weighted by Gasteiger charge is 2.06. The first kappa shape index (κ1) is 9.15. The minimum absolute atomic E-state index is 0.834. The van der Waals surface area contributed by atoms with E-state index >= 15 is 0 Å². The molecule has 4 heteroatoms. The van der Waals surface area contributed by atoms with Crippen molar-refractivity contribution in [2.45, 2.75) is 13.3 Å². The molecule has 4 nitrogen and oxygen atoms in total. The van der Waals surface area contributed by atoms with Crippen LogP contribution in [0.15, 0.2) is 30.5 Å². The average molecular weight is 212 g/mol. The summed E-state index contributed by atoms with van der Waals surface area (Å²) in [6.45, 7) is 2.15. The van der Waals surface area contributed by atoms with Crippen molar-refractivity contribution in [2.75, 3.05) is 0 Å². The van der Waals surface area contributed by atoms with Gasteiger partial charge in [0.15, 0.2) is 5.82 Å². The number of nitrogens with zero attached hydrogens (tertiary/aromatic N) is 2. The normalized spacial score (nSPS) is 11.1. The minimum atomic E-state index is 0.834. The van der Waals surface area contributed by atoms with Gasteiger partial charge in [-0.15, -0.1) is 0 Å². The van der Waals surface area contributed by atoms with Crippen LogP contribution in [0, 0.1) is 0 Å². The lowest BCUT2D eigenvalue weighted by molar-refractivity contribution is 1.08. The first-order valence-electron chi connectivity index (χ1n) is 5.35. The van der Waals surface area contributed by atoms with Crippen molar-refractivity contribution < 1.29 is 0 Å². The summed E-state index contributed by atoms with van der Waals surface area (Å²) in [5.41, 5.74) is 4.28. The number of rotatable bonds is 2. The molecule has 0 spiro atoms. The van der Waals surface area contributed by atoms with E-state index in [2.05, 4.69) is 39.2 Å². The van der Waals surface area contributed by atoms with E-state index in [-0.39, 0.29) is 0 Å². The highest BCUT2D eigenvalue weighted by atomic mass is 15.1. The van der Waals surface area contributed by atoms with Crippen LogP contribution in [0.2, 0.25) is 0 Å². The van der Waals surface area contributed by atoms with Crippen molar-refractivity contribution in [1.29, 1.82) is 0 Å². The molecule has 0 amide bonds. The number of aromatic amines is 2. The summed E-state index contributed by atoms with van der Waals surface area (Å²) in [6, 6.07) is 8.20. The van der Waals surface area contributed by atoms with Gasteiger partial charge in [-0.2, -0.15) is 5.10 Å². The molecule has 16 heavy (non-hydrogen) atoms. The Kier molecular flexibility index (Phi) is 1.99. The van der Waals surface area contributed by atoms with E-state index in [1.54, 1.807) is 6.20 Å². The number of aromatic nitrogens is 4. The molecule has 0 unspecified atom stereocenters. The summed E-state index contributed by atoms with van der Waals surface area (Å²) >= 11 is 0. The highest BCUT2D eigenvalue weighted by Crippen LogP contribution is 2.19. The van der Waals surface area contributed by atoms with Gasteiger partial charge in [-0.3, -0.25) is 5.10 Å². The third kappa shape index (κ3) is 1.39. The standard InChI is InChI=1S/C12H12N4/c1-2-8-3-4-9-11(7-8)15-12(14-9)10-5-6-13-16-10/h3-7H,2H2,1H3,(H,13,16)(H,14,15). The smallest absolute Gasteiger partial charge is 0.156 e. The molecule has 0 atom stereocenters. The van der Waals surface area contributed by atoms with Gasteiger partial charge in [0.2, 0.25) is 0 Å². The number of H-pyrrole nitrogens is 2. The van der Waals surface area contributed by atoms with E-state index in [9.17, 15) is 0 Å². The second kappa shape index (κ2) is 3.48. The number of imidazole rings is 1. The third-order valence-electron chi connectivity index (χ3n) is 2.71. The number of fused-ring (bicyclic) bond motifs is 1. The molecule has 80 valence electrons. The average Bonchev–Trinajstić information content (AvgIpc) is 2.96. The number of hydrogen-bond acceptors (Lipinski definition) is 2. The Labute approximate surface area is 92.7 Å². The molecule has 1 aromatic carbocycles. The van der Waals surface area contributed by atoms with Crippen LogP contribution in [0.3, 0.4) is 0 Å². The van der Waals surface area contributed by atoms with E-state index in [0.29, 0.717) is 0 Å². The summed E-state index contributed by atoms with van der Waals surface area (Å²) in [6.07, 6.45) is 2.76. The van der Waals surface area contributed by atoms with Gasteiger partial charge in [0, 0.05) is 6.20 Å². The van der Waals surface area contributed by atoms with Crippen molar-refractivity contribution in [3.8, 4) is 11.5 Å². The maximum atomic E-state index is 4.50. The molecule has 3 aromatic rings. The van der Waals surface area contributed by atoms with E-state index in [1.807, 2.05) is 12.1 Å². The van der Waals surface area contributed by atoms with E-state index < -0.39 is 0 Å². The Morgan fingerprint density at radius 3 is 2.94 bits per heavy atom. The predicted molar refractivity (Wildman–Crippen MR) is 63.1 cm³/mol. The molecule has 0 aliphatic carbocycles. The Morgan fingerprint density at radius 1 is 1.25 bits per heavy atom. The van der Waals surface area contributed by atoms with Gasteiger partial charge in [0.25, 0.3) is 0 Å². The second-order valence-corrected chi connectivity index (χ2v) is 3.76. The van der Waals surface area contributed by atoms with Crippen LogP contribution >= 0.6 is 0 Å². The molecule has 3 rings (SSSR count). The maximum absolute atomic E-state index is 4.50. The molecular weight excluding hydrogens is 200 g/mol. The molecule has 0 saturated carbocycles. The molecule has 2 N–H and O–H groups in total. The lowest BCUT2D eigenvalue weighted by atomic mass is 10.1. The first-order chi connectivity index (χ1) is 7.86. The number of hydrogen-bond donors (Lipinski definition) is 2. The number of aryl methyl sites for hydroxylation is 1. The Bertz CT molecular complexity index is 607. The number of nitrogens with one attached hydrogen (secondary N) is 2. The fourth-order valence-corrected chi connectivity index (χ4v) is 1.79. The van der Waals surface area contributed by atoms with Crippen LogP contribution in [0.4, 0.5) is 0 Å². The van der Waals surface area contributed by atoms with Crippen LogP contribution in [0.25, 0.3) is 22.6 Å². The zero-order valence-electron chi connectivity index (χ0n) is 8.99. The largest absolute Gasteiger partial charge is 0.337 e. The van der Waals surface area contributed by atoms with Gasteiger partial charge in [-0.25, -0.2) is 4.98 Å². The minimum Gasteiger partial charge on any atom is -0.337 e. The summed E-state index contributed by atoms with van der Waals surface area (Å²) in [5.74, 6) is 0.834. The van der Waals surface area contributed by atoms with Gasteiger partial charge >= 0.3 is 0 Å². The zero-order chi connectivity index (χ0) is 11.0. The highest BCUT2D eigenvalue weighted by molar-refractivity contribution is 5.79. The van der Waals surface area contributed by atoms with Crippen LogP contribution in [-0.4, -0.2) is 20.2 Å². The topological polar surface area (TPSA) is 57.4 Å². The predicted octanol–water partition coefficient (Wildman–Crippen LogP) is 2.52. The summed E-state index contributed by atoms with van der Waals surface area (Å²) in [7, 11) is 0. The summed E-state index contributed by atoms with van der Waals surface area (Å²) in [4.78, 5) is 7.79. The van der Waals surface area contributed by atoms with Gasteiger partial charge in [0.05, 0.1) is 11.0 Å². The Balaban J connectivity index is 2.16. The zero-order valence-corrected chi connectivity index (χ0v) is 8.99. The molecular formula is C12H12N4. The van der Waals surface area contributed by atoms with Crippen molar-refractivity contribution in [3.05, 3.63) is 36.0 Å². The van der Waals surface area contributed by atoms with Gasteiger partial charge in [0.1, 0.15) is 5.69 Å². The molecule has 0 saturated heterocycles. The fraction of sp³-hybridized carbons (Fsp3) is 0.167. The lowest BCUT2D eigenvalue weighted by Gasteiger charge is -1.93. The third-order valence-corrected chi connectivity index (χ3v) is 2.71. The van der Waals surface area contributed by atoms with E-state index in [0.717, 1.165) is 29.0 Å². The van der Waals surface area contributed by atoms with Gasteiger partial charge in [-0.05, 0) is 30.2 Å². The van der Waals surface area contributed by atoms with Crippen LogP contribution in [-0.2, 0) is 6.42 Å². The monoisotopic (exact) mass is 212 g/mol. The van der Waals surface area contributed by atoms with Gasteiger partial charge < -0.3 is 4.98 Å². The van der Waals surface area contributed by atoms with Crippen molar-refractivity contribution >= 4 is 11.0 Å².